The van der Waals surface area contributed by atoms with E-state index in [4.69, 9.17) is 39.9 Å². The molecule has 9 heteroatoms. The molecular formula is C20H15Cl3N2O3S. The summed E-state index contributed by atoms with van der Waals surface area (Å²) in [7, 11) is -1.99. The number of rotatable bonds is 5. The van der Waals surface area contributed by atoms with E-state index in [-0.39, 0.29) is 22.0 Å². The van der Waals surface area contributed by atoms with Gasteiger partial charge >= 0.3 is 0 Å². The van der Waals surface area contributed by atoms with Gasteiger partial charge in [-0.3, -0.25) is 4.79 Å². The molecule has 0 fully saturated rings. The maximum absolute atomic E-state index is 12.6. The van der Waals surface area contributed by atoms with Crippen molar-refractivity contribution < 1.29 is 14.1 Å². The minimum Gasteiger partial charge on any atom is -0.505 e. The van der Waals surface area contributed by atoms with E-state index in [0.29, 0.717) is 10.0 Å². The van der Waals surface area contributed by atoms with Gasteiger partial charge in [-0.2, -0.15) is 0 Å². The van der Waals surface area contributed by atoms with E-state index >= 15 is 0 Å². The maximum Gasteiger partial charge on any atom is 0.251 e. The highest BCUT2D eigenvalue weighted by molar-refractivity contribution is 7.82. The molecular weight excluding hydrogens is 455 g/mol. The molecule has 3 aromatic rings. The summed E-state index contributed by atoms with van der Waals surface area (Å²) >= 11 is 18.2. The Bertz CT molecular complexity index is 1120. The lowest BCUT2D eigenvalue weighted by Gasteiger charge is -2.13. The Morgan fingerprint density at radius 1 is 1.00 bits per heavy atom. The Labute approximate surface area is 185 Å². The van der Waals surface area contributed by atoms with Gasteiger partial charge in [-0.15, -0.1) is 0 Å². The van der Waals surface area contributed by atoms with E-state index in [0.717, 1.165) is 16.7 Å². The van der Waals surface area contributed by atoms with E-state index < -0.39 is 22.6 Å². The fourth-order valence-corrected chi connectivity index (χ4v) is 4.11. The molecule has 0 bridgehead atoms. The fourth-order valence-electron chi connectivity index (χ4n) is 2.78. The maximum atomic E-state index is 12.6. The molecule has 1 amide bonds. The predicted octanol–water partition coefficient (Wildman–Crippen LogP) is 4.93. The van der Waals surface area contributed by atoms with Crippen LogP contribution in [0, 0.1) is 0 Å². The summed E-state index contributed by atoms with van der Waals surface area (Å²) in [5.74, 6) is -0.873. The lowest BCUT2D eigenvalue weighted by molar-refractivity contribution is 0.0950. The Morgan fingerprint density at radius 2 is 1.72 bits per heavy atom. The molecule has 0 aromatic heterocycles. The molecule has 0 saturated heterocycles. The SMILES string of the molecule is NS(=O)c1cc(C(=O)NCc2ccccc2-c2ccc(Cl)cc2Cl)cc(Cl)c1O. The average Bonchev–Trinajstić information content (AvgIpc) is 2.68. The second-order valence-electron chi connectivity index (χ2n) is 6.07. The minimum atomic E-state index is -1.99. The van der Waals surface area contributed by atoms with Crippen LogP contribution in [0.4, 0.5) is 0 Å². The first-order valence-electron chi connectivity index (χ1n) is 8.28. The van der Waals surface area contributed by atoms with Crippen LogP contribution in [0.5, 0.6) is 5.75 Å². The Morgan fingerprint density at radius 3 is 2.41 bits per heavy atom. The number of phenols is 1. The summed E-state index contributed by atoms with van der Waals surface area (Å²) < 4.78 is 11.5. The third-order valence-corrected chi connectivity index (χ3v) is 5.77. The molecule has 5 nitrogen and oxygen atoms in total. The van der Waals surface area contributed by atoms with Gasteiger partial charge in [-0.25, -0.2) is 9.35 Å². The van der Waals surface area contributed by atoms with Crippen LogP contribution in [0.1, 0.15) is 15.9 Å². The Balaban J connectivity index is 1.86. The largest absolute Gasteiger partial charge is 0.505 e. The van der Waals surface area contributed by atoms with Crippen LogP contribution in [0.3, 0.4) is 0 Å². The van der Waals surface area contributed by atoms with Gasteiger partial charge in [0.2, 0.25) is 0 Å². The molecule has 0 saturated carbocycles. The van der Waals surface area contributed by atoms with Gasteiger partial charge in [0.15, 0.2) is 5.75 Å². The van der Waals surface area contributed by atoms with E-state index in [9.17, 15) is 14.1 Å². The third-order valence-electron chi connectivity index (χ3n) is 4.19. The number of nitrogens with two attached hydrogens (primary N) is 1. The summed E-state index contributed by atoms with van der Waals surface area (Å²) in [6.07, 6.45) is 0. The average molecular weight is 470 g/mol. The number of benzene rings is 3. The monoisotopic (exact) mass is 468 g/mol. The summed E-state index contributed by atoms with van der Waals surface area (Å²) in [5.41, 5.74) is 2.59. The number of hydrogen-bond donors (Lipinski definition) is 3. The van der Waals surface area contributed by atoms with Gasteiger partial charge in [0.25, 0.3) is 5.91 Å². The van der Waals surface area contributed by atoms with E-state index in [1.807, 2.05) is 30.3 Å². The fraction of sp³-hybridized carbons (Fsp3) is 0.0500. The summed E-state index contributed by atoms with van der Waals surface area (Å²) in [4.78, 5) is 12.5. The van der Waals surface area contributed by atoms with Crippen molar-refractivity contribution in [1.29, 1.82) is 0 Å². The van der Waals surface area contributed by atoms with Crippen LogP contribution in [-0.4, -0.2) is 15.2 Å². The number of aromatic hydroxyl groups is 1. The number of carbonyl (C=O) groups is 1. The van der Waals surface area contributed by atoms with Crippen LogP contribution in [0.2, 0.25) is 15.1 Å². The quantitative estimate of drug-likeness (QED) is 0.494. The molecule has 0 aliphatic carbocycles. The molecule has 0 spiro atoms. The Kier molecular flexibility index (Phi) is 6.82. The molecule has 0 aliphatic heterocycles. The van der Waals surface area contributed by atoms with E-state index in [2.05, 4.69) is 5.32 Å². The van der Waals surface area contributed by atoms with Crippen molar-refractivity contribution >= 4 is 51.7 Å². The van der Waals surface area contributed by atoms with Crippen LogP contribution < -0.4 is 10.5 Å². The van der Waals surface area contributed by atoms with Crippen molar-refractivity contribution in [3.05, 3.63) is 80.8 Å². The van der Waals surface area contributed by atoms with Crippen LogP contribution >= 0.6 is 34.8 Å². The van der Waals surface area contributed by atoms with Gasteiger partial charge in [-0.1, -0.05) is 65.1 Å². The number of hydrogen-bond acceptors (Lipinski definition) is 3. The van der Waals surface area contributed by atoms with Gasteiger partial charge in [0.1, 0.15) is 11.0 Å². The predicted molar refractivity (Wildman–Crippen MR) is 117 cm³/mol. The first-order valence-corrected chi connectivity index (χ1v) is 10.6. The first kappa shape index (κ1) is 21.6. The van der Waals surface area contributed by atoms with Gasteiger partial charge in [0.05, 0.1) is 9.92 Å². The summed E-state index contributed by atoms with van der Waals surface area (Å²) in [6, 6.07) is 15.2. The second kappa shape index (κ2) is 9.15. The van der Waals surface area contributed by atoms with Crippen molar-refractivity contribution in [3.8, 4) is 16.9 Å². The van der Waals surface area contributed by atoms with Crippen molar-refractivity contribution in [2.45, 2.75) is 11.4 Å². The van der Waals surface area contributed by atoms with Crippen molar-refractivity contribution in [2.75, 3.05) is 0 Å². The zero-order chi connectivity index (χ0) is 21.1. The molecule has 29 heavy (non-hydrogen) atoms. The number of nitrogens with one attached hydrogen (secondary N) is 1. The zero-order valence-corrected chi connectivity index (χ0v) is 17.9. The summed E-state index contributed by atoms with van der Waals surface area (Å²) in [5, 5.41) is 18.9. The van der Waals surface area contributed by atoms with Crippen molar-refractivity contribution in [3.63, 3.8) is 0 Å². The zero-order valence-electron chi connectivity index (χ0n) is 14.8. The molecule has 150 valence electrons. The molecule has 0 radical (unpaired) electrons. The van der Waals surface area contributed by atoms with Crippen molar-refractivity contribution in [1.82, 2.24) is 5.32 Å². The van der Waals surface area contributed by atoms with E-state index in [1.54, 1.807) is 12.1 Å². The highest BCUT2D eigenvalue weighted by atomic mass is 35.5. The molecule has 0 aliphatic rings. The van der Waals surface area contributed by atoms with E-state index in [1.165, 1.54) is 12.1 Å². The molecule has 1 unspecified atom stereocenters. The van der Waals surface area contributed by atoms with Gasteiger partial charge in [0, 0.05) is 27.7 Å². The Hall–Kier alpha value is -2.09. The first-order chi connectivity index (χ1) is 13.8. The smallest absolute Gasteiger partial charge is 0.251 e. The molecule has 3 rings (SSSR count). The molecule has 1 atom stereocenters. The second-order valence-corrected chi connectivity index (χ2v) is 8.35. The number of phenolic OH excluding ortho intramolecular Hbond substituents is 1. The lowest BCUT2D eigenvalue weighted by Crippen LogP contribution is -2.23. The third kappa shape index (κ3) is 4.91. The minimum absolute atomic E-state index is 0.111. The lowest BCUT2D eigenvalue weighted by atomic mass is 9.99. The van der Waals surface area contributed by atoms with Gasteiger partial charge in [-0.05, 0) is 35.4 Å². The topological polar surface area (TPSA) is 92.4 Å². The molecule has 0 heterocycles. The van der Waals surface area contributed by atoms with Gasteiger partial charge < -0.3 is 10.4 Å². The van der Waals surface area contributed by atoms with Crippen LogP contribution in [0.25, 0.3) is 11.1 Å². The van der Waals surface area contributed by atoms with Crippen molar-refractivity contribution in [2.24, 2.45) is 5.14 Å². The van der Waals surface area contributed by atoms with Crippen LogP contribution in [0.15, 0.2) is 59.5 Å². The van der Waals surface area contributed by atoms with Crippen LogP contribution in [-0.2, 0) is 17.5 Å². The molecule has 4 N–H and O–H groups in total. The molecule has 3 aromatic carbocycles. The number of amides is 1. The highest BCUT2D eigenvalue weighted by Crippen LogP contribution is 2.33. The number of halogens is 3. The normalized spacial score (nSPS) is 11.9. The highest BCUT2D eigenvalue weighted by Gasteiger charge is 2.17. The summed E-state index contributed by atoms with van der Waals surface area (Å²) in [6.45, 7) is 0.202. The standard InChI is InChI=1S/C20H15Cl3N2O3S/c21-13-5-6-15(16(22)9-13)14-4-2-1-3-11(14)10-25-20(27)12-7-17(23)19(26)18(8-12)29(24)28/h1-9,26H,10,24H2,(H,25,27). The number of carbonyl (C=O) groups excluding carboxylic acids is 1.